The molecule has 106 valence electrons. The minimum atomic E-state index is 0.357. The summed E-state index contributed by atoms with van der Waals surface area (Å²) in [6.07, 6.45) is 5.02. The number of hydrogen-bond donors (Lipinski definition) is 1. The van der Waals surface area contributed by atoms with Gasteiger partial charge >= 0.3 is 0 Å². The number of hydrogen-bond acceptors (Lipinski definition) is 2. The van der Waals surface area contributed by atoms with Crippen LogP contribution in [0.3, 0.4) is 0 Å². The highest BCUT2D eigenvalue weighted by Gasteiger charge is 2.33. The Morgan fingerprint density at radius 3 is 2.58 bits per heavy atom. The first-order valence-electron chi connectivity index (χ1n) is 7.68. The third-order valence-electron chi connectivity index (χ3n) is 4.62. The Balaban J connectivity index is 2.00. The second kappa shape index (κ2) is 6.42. The molecule has 2 nitrogen and oxygen atoms in total. The summed E-state index contributed by atoms with van der Waals surface area (Å²) in [7, 11) is 0. The SMILES string of the molecule is CCNCC(CC)(CC)CC1Cc2ccccc2O1. The Morgan fingerprint density at radius 2 is 1.95 bits per heavy atom. The van der Waals surface area contributed by atoms with Crippen molar-refractivity contribution >= 4 is 0 Å². The summed E-state index contributed by atoms with van der Waals surface area (Å²) in [5.74, 6) is 1.09. The van der Waals surface area contributed by atoms with Crippen molar-refractivity contribution in [2.45, 2.75) is 52.6 Å². The second-order valence-corrected chi connectivity index (χ2v) is 5.74. The standard InChI is InChI=1S/C17H27NO/c1-4-17(5-2,13-18-6-3)12-15-11-14-9-7-8-10-16(14)19-15/h7-10,15,18H,4-6,11-13H2,1-3H3. The molecule has 0 saturated carbocycles. The van der Waals surface area contributed by atoms with E-state index in [9.17, 15) is 0 Å². The summed E-state index contributed by atoms with van der Waals surface area (Å²) in [4.78, 5) is 0. The van der Waals surface area contributed by atoms with E-state index >= 15 is 0 Å². The maximum absolute atomic E-state index is 6.12. The lowest BCUT2D eigenvalue weighted by Gasteiger charge is -2.34. The van der Waals surface area contributed by atoms with Crippen molar-refractivity contribution in [3.8, 4) is 5.75 Å². The van der Waals surface area contributed by atoms with E-state index < -0.39 is 0 Å². The third-order valence-corrected chi connectivity index (χ3v) is 4.62. The Hall–Kier alpha value is -1.02. The predicted molar refractivity (Wildman–Crippen MR) is 80.7 cm³/mol. The van der Waals surface area contributed by atoms with E-state index in [-0.39, 0.29) is 0 Å². The van der Waals surface area contributed by atoms with Crippen molar-refractivity contribution in [3.05, 3.63) is 29.8 Å². The van der Waals surface area contributed by atoms with Gasteiger partial charge in [0.2, 0.25) is 0 Å². The summed E-state index contributed by atoms with van der Waals surface area (Å²) in [6.45, 7) is 8.95. The zero-order chi connectivity index (χ0) is 13.7. The first-order valence-corrected chi connectivity index (χ1v) is 7.68. The minimum Gasteiger partial charge on any atom is -0.490 e. The molecule has 0 saturated heterocycles. The topological polar surface area (TPSA) is 21.3 Å². The molecule has 1 unspecified atom stereocenters. The van der Waals surface area contributed by atoms with Gasteiger partial charge in [0.15, 0.2) is 0 Å². The van der Waals surface area contributed by atoms with E-state index in [1.54, 1.807) is 0 Å². The van der Waals surface area contributed by atoms with Crippen molar-refractivity contribution in [2.75, 3.05) is 13.1 Å². The van der Waals surface area contributed by atoms with Crippen LogP contribution in [0.2, 0.25) is 0 Å². The van der Waals surface area contributed by atoms with Crippen LogP contribution in [0.25, 0.3) is 0 Å². The van der Waals surface area contributed by atoms with E-state index in [4.69, 9.17) is 4.74 Å². The van der Waals surface area contributed by atoms with Gasteiger partial charge in [-0.3, -0.25) is 0 Å². The summed E-state index contributed by atoms with van der Waals surface area (Å²) in [5, 5.41) is 3.53. The largest absolute Gasteiger partial charge is 0.490 e. The molecule has 0 aliphatic carbocycles. The second-order valence-electron chi connectivity index (χ2n) is 5.74. The molecule has 1 aromatic rings. The Morgan fingerprint density at radius 1 is 1.21 bits per heavy atom. The van der Waals surface area contributed by atoms with Crippen molar-refractivity contribution in [2.24, 2.45) is 5.41 Å². The van der Waals surface area contributed by atoms with Crippen molar-refractivity contribution in [1.29, 1.82) is 0 Å². The zero-order valence-electron chi connectivity index (χ0n) is 12.5. The van der Waals surface area contributed by atoms with Gasteiger partial charge < -0.3 is 10.1 Å². The predicted octanol–water partition coefficient (Wildman–Crippen LogP) is 3.80. The molecule has 1 heterocycles. The van der Waals surface area contributed by atoms with Crippen LogP contribution < -0.4 is 10.1 Å². The quantitative estimate of drug-likeness (QED) is 0.806. The zero-order valence-corrected chi connectivity index (χ0v) is 12.5. The van der Waals surface area contributed by atoms with Crippen LogP contribution in [0.15, 0.2) is 24.3 Å². The average Bonchev–Trinajstić information content (AvgIpc) is 2.85. The van der Waals surface area contributed by atoms with E-state index in [1.165, 1.54) is 18.4 Å². The van der Waals surface area contributed by atoms with Gasteiger partial charge in [0, 0.05) is 13.0 Å². The van der Waals surface area contributed by atoms with E-state index in [0.29, 0.717) is 11.5 Å². The van der Waals surface area contributed by atoms with E-state index in [2.05, 4.69) is 50.4 Å². The van der Waals surface area contributed by atoms with Crippen LogP contribution in [0.4, 0.5) is 0 Å². The summed E-state index contributed by atoms with van der Waals surface area (Å²) in [6, 6.07) is 8.46. The average molecular weight is 261 g/mol. The van der Waals surface area contributed by atoms with Crippen LogP contribution >= 0.6 is 0 Å². The molecule has 0 bridgehead atoms. The van der Waals surface area contributed by atoms with Gasteiger partial charge in [-0.25, -0.2) is 0 Å². The van der Waals surface area contributed by atoms with E-state index in [0.717, 1.165) is 31.7 Å². The molecule has 1 aliphatic heterocycles. The number of ether oxygens (including phenoxy) is 1. The molecular formula is C17H27NO. The van der Waals surface area contributed by atoms with Crippen molar-refractivity contribution in [1.82, 2.24) is 5.32 Å². The van der Waals surface area contributed by atoms with Crippen LogP contribution in [0, 0.1) is 5.41 Å². The molecule has 0 aromatic heterocycles. The number of benzene rings is 1. The third kappa shape index (κ3) is 3.30. The van der Waals surface area contributed by atoms with Gasteiger partial charge in [-0.15, -0.1) is 0 Å². The van der Waals surface area contributed by atoms with Crippen LogP contribution in [0.1, 0.15) is 45.6 Å². The molecule has 0 amide bonds. The highest BCUT2D eigenvalue weighted by Crippen LogP contribution is 2.37. The first kappa shape index (κ1) is 14.4. The van der Waals surface area contributed by atoms with Gasteiger partial charge in [-0.05, 0) is 42.9 Å². The van der Waals surface area contributed by atoms with Crippen LogP contribution in [-0.2, 0) is 6.42 Å². The highest BCUT2D eigenvalue weighted by molar-refractivity contribution is 5.37. The van der Waals surface area contributed by atoms with Crippen molar-refractivity contribution < 1.29 is 4.74 Å². The minimum absolute atomic E-state index is 0.357. The molecule has 1 N–H and O–H groups in total. The highest BCUT2D eigenvalue weighted by atomic mass is 16.5. The Kier molecular flexibility index (Phi) is 4.87. The lowest BCUT2D eigenvalue weighted by atomic mass is 9.76. The molecule has 2 heteroatoms. The van der Waals surface area contributed by atoms with Gasteiger partial charge in [0.1, 0.15) is 11.9 Å². The lowest BCUT2D eigenvalue weighted by Crippen LogP contribution is -2.37. The molecular weight excluding hydrogens is 234 g/mol. The lowest BCUT2D eigenvalue weighted by molar-refractivity contribution is 0.123. The first-order chi connectivity index (χ1) is 9.23. The maximum Gasteiger partial charge on any atom is 0.123 e. The number of nitrogens with one attached hydrogen (secondary N) is 1. The summed E-state index contributed by atoms with van der Waals surface area (Å²) >= 11 is 0. The van der Waals surface area contributed by atoms with Gasteiger partial charge in [-0.1, -0.05) is 39.0 Å². The Labute approximate surface area is 117 Å². The van der Waals surface area contributed by atoms with Gasteiger partial charge in [0.25, 0.3) is 0 Å². The fourth-order valence-corrected chi connectivity index (χ4v) is 3.10. The molecule has 2 rings (SSSR count). The molecule has 1 atom stereocenters. The summed E-state index contributed by atoms with van der Waals surface area (Å²) < 4.78 is 6.12. The molecule has 1 aliphatic rings. The fraction of sp³-hybridized carbons (Fsp3) is 0.647. The smallest absolute Gasteiger partial charge is 0.123 e. The van der Waals surface area contributed by atoms with Crippen LogP contribution in [0.5, 0.6) is 5.75 Å². The van der Waals surface area contributed by atoms with Gasteiger partial charge in [0.05, 0.1) is 0 Å². The number of para-hydroxylation sites is 1. The van der Waals surface area contributed by atoms with E-state index in [1.807, 2.05) is 0 Å². The summed E-state index contributed by atoms with van der Waals surface area (Å²) in [5.41, 5.74) is 1.75. The maximum atomic E-state index is 6.12. The van der Waals surface area contributed by atoms with Crippen molar-refractivity contribution in [3.63, 3.8) is 0 Å². The monoisotopic (exact) mass is 261 g/mol. The molecule has 0 spiro atoms. The molecule has 0 fully saturated rings. The normalized spacial score (nSPS) is 18.2. The molecule has 19 heavy (non-hydrogen) atoms. The van der Waals surface area contributed by atoms with Gasteiger partial charge in [-0.2, -0.15) is 0 Å². The molecule has 1 aromatic carbocycles. The molecule has 0 radical (unpaired) electrons. The number of fused-ring (bicyclic) bond motifs is 1. The number of rotatable bonds is 7. The fourth-order valence-electron chi connectivity index (χ4n) is 3.10. The Bertz CT molecular complexity index is 373. The van der Waals surface area contributed by atoms with Crippen LogP contribution in [-0.4, -0.2) is 19.2 Å².